The van der Waals surface area contributed by atoms with Crippen LogP contribution in [-0.2, 0) is 6.42 Å². The van der Waals surface area contributed by atoms with E-state index in [4.69, 9.17) is 11.6 Å². The van der Waals surface area contributed by atoms with Crippen molar-refractivity contribution in [2.75, 3.05) is 0 Å². The lowest BCUT2D eigenvalue weighted by molar-refractivity contribution is 0.624. The van der Waals surface area contributed by atoms with Crippen LogP contribution in [0.25, 0.3) is 0 Å². The summed E-state index contributed by atoms with van der Waals surface area (Å²) < 4.78 is 13.6. The standard InChI is InChI=1S/C18H16ClF/c1-2-3-4-14-5-7-15(8-6-14)9-10-16-11-12-17(19)13-18(16)20/h5-8,11-13H,2-4H2,1H3. The number of aryl methyl sites for hydroxylation is 1. The van der Waals surface area contributed by atoms with Crippen molar-refractivity contribution < 1.29 is 4.39 Å². The molecule has 0 aromatic heterocycles. The fourth-order valence-corrected chi connectivity index (χ4v) is 2.02. The first-order chi connectivity index (χ1) is 9.69. The molecule has 0 N–H and O–H groups in total. The summed E-state index contributed by atoms with van der Waals surface area (Å²) in [6.45, 7) is 2.18. The Hall–Kier alpha value is -1.78. The van der Waals surface area contributed by atoms with Crippen molar-refractivity contribution in [2.24, 2.45) is 0 Å². The molecule has 0 saturated heterocycles. The first-order valence-electron chi connectivity index (χ1n) is 6.75. The highest BCUT2D eigenvalue weighted by atomic mass is 35.5. The van der Waals surface area contributed by atoms with Gasteiger partial charge in [0.15, 0.2) is 0 Å². The Balaban J connectivity index is 2.12. The van der Waals surface area contributed by atoms with Gasteiger partial charge in [0.1, 0.15) is 5.82 Å². The monoisotopic (exact) mass is 286 g/mol. The largest absolute Gasteiger partial charge is 0.206 e. The molecule has 102 valence electrons. The third-order valence-electron chi connectivity index (χ3n) is 3.05. The molecule has 0 aliphatic rings. The molecule has 2 heteroatoms. The van der Waals surface area contributed by atoms with Gasteiger partial charge in [0, 0.05) is 10.6 Å². The lowest BCUT2D eigenvalue weighted by Gasteiger charge is -1.99. The molecule has 2 aromatic rings. The van der Waals surface area contributed by atoms with E-state index in [2.05, 4.69) is 30.9 Å². The lowest BCUT2D eigenvalue weighted by atomic mass is 10.1. The summed E-state index contributed by atoms with van der Waals surface area (Å²) in [5.74, 6) is 5.42. The van der Waals surface area contributed by atoms with Gasteiger partial charge in [-0.25, -0.2) is 4.39 Å². The van der Waals surface area contributed by atoms with Crippen LogP contribution in [-0.4, -0.2) is 0 Å². The maximum absolute atomic E-state index is 13.6. The normalized spacial score (nSPS) is 9.95. The molecular formula is C18H16ClF. The van der Waals surface area contributed by atoms with Crippen LogP contribution < -0.4 is 0 Å². The summed E-state index contributed by atoms with van der Waals surface area (Å²) in [4.78, 5) is 0. The second-order valence-corrected chi connectivity index (χ2v) is 5.11. The molecule has 0 amide bonds. The van der Waals surface area contributed by atoms with Gasteiger partial charge in [-0.2, -0.15) is 0 Å². The molecule has 20 heavy (non-hydrogen) atoms. The van der Waals surface area contributed by atoms with E-state index in [1.54, 1.807) is 12.1 Å². The van der Waals surface area contributed by atoms with Crippen LogP contribution in [0, 0.1) is 17.7 Å². The minimum absolute atomic E-state index is 0.365. The smallest absolute Gasteiger partial charge is 0.140 e. The van der Waals surface area contributed by atoms with Gasteiger partial charge in [-0.05, 0) is 48.7 Å². The first-order valence-corrected chi connectivity index (χ1v) is 7.13. The predicted octanol–water partition coefficient (Wildman–Crippen LogP) is 5.22. The van der Waals surface area contributed by atoms with Crippen LogP contribution in [0.3, 0.4) is 0 Å². The fourth-order valence-electron chi connectivity index (χ4n) is 1.87. The topological polar surface area (TPSA) is 0 Å². The number of rotatable bonds is 3. The minimum atomic E-state index is -0.385. The quantitative estimate of drug-likeness (QED) is 0.679. The third kappa shape index (κ3) is 4.11. The molecule has 0 aliphatic carbocycles. The maximum Gasteiger partial charge on any atom is 0.140 e. The van der Waals surface area contributed by atoms with E-state index in [0.717, 1.165) is 12.0 Å². The Kier molecular flexibility index (Phi) is 5.21. The van der Waals surface area contributed by atoms with Gasteiger partial charge in [0.25, 0.3) is 0 Å². The highest BCUT2D eigenvalue weighted by Crippen LogP contribution is 2.14. The zero-order valence-electron chi connectivity index (χ0n) is 11.4. The molecular weight excluding hydrogens is 271 g/mol. The molecule has 2 rings (SSSR count). The molecule has 0 bridgehead atoms. The second kappa shape index (κ2) is 7.12. The van der Waals surface area contributed by atoms with Crippen LogP contribution in [0.15, 0.2) is 42.5 Å². The molecule has 0 aliphatic heterocycles. The van der Waals surface area contributed by atoms with Crippen molar-refractivity contribution >= 4 is 11.6 Å². The van der Waals surface area contributed by atoms with Crippen LogP contribution in [0.5, 0.6) is 0 Å². The molecule has 0 unspecified atom stereocenters. The Morgan fingerprint density at radius 1 is 1.05 bits per heavy atom. The number of halogens is 2. The third-order valence-corrected chi connectivity index (χ3v) is 3.28. The number of hydrogen-bond acceptors (Lipinski definition) is 0. The molecule has 0 fully saturated rings. The van der Waals surface area contributed by atoms with Crippen LogP contribution in [0.1, 0.15) is 36.5 Å². The summed E-state index contributed by atoms with van der Waals surface area (Å²) >= 11 is 5.70. The average molecular weight is 287 g/mol. The fraction of sp³-hybridized carbons (Fsp3) is 0.222. The zero-order chi connectivity index (χ0) is 14.4. The maximum atomic E-state index is 13.6. The second-order valence-electron chi connectivity index (χ2n) is 4.67. The highest BCUT2D eigenvalue weighted by Gasteiger charge is 1.99. The SMILES string of the molecule is CCCCc1ccc(C#Cc2ccc(Cl)cc2F)cc1. The molecule has 0 atom stereocenters. The summed E-state index contributed by atoms with van der Waals surface area (Å²) in [6, 6.07) is 12.6. The summed E-state index contributed by atoms with van der Waals surface area (Å²) in [5.41, 5.74) is 2.57. The molecule has 0 spiro atoms. The summed E-state index contributed by atoms with van der Waals surface area (Å²) in [5, 5.41) is 0.383. The number of benzene rings is 2. The van der Waals surface area contributed by atoms with Gasteiger partial charge in [0.2, 0.25) is 0 Å². The van der Waals surface area contributed by atoms with Gasteiger partial charge < -0.3 is 0 Å². The molecule has 0 heterocycles. The Morgan fingerprint density at radius 2 is 1.80 bits per heavy atom. The van der Waals surface area contributed by atoms with Crippen molar-refractivity contribution in [1.82, 2.24) is 0 Å². The van der Waals surface area contributed by atoms with Gasteiger partial charge in [-0.1, -0.05) is 48.9 Å². The van der Waals surface area contributed by atoms with Gasteiger partial charge >= 0.3 is 0 Å². The van der Waals surface area contributed by atoms with E-state index in [0.29, 0.717) is 10.6 Å². The van der Waals surface area contributed by atoms with Crippen molar-refractivity contribution in [3.8, 4) is 11.8 Å². The van der Waals surface area contributed by atoms with E-state index in [1.165, 1.54) is 24.5 Å². The Labute approximate surface area is 124 Å². The number of unbranched alkanes of at least 4 members (excludes halogenated alkanes) is 1. The summed E-state index contributed by atoms with van der Waals surface area (Å²) in [7, 11) is 0. The zero-order valence-corrected chi connectivity index (χ0v) is 12.2. The van der Waals surface area contributed by atoms with Gasteiger partial charge in [-0.15, -0.1) is 0 Å². The van der Waals surface area contributed by atoms with E-state index in [9.17, 15) is 4.39 Å². The van der Waals surface area contributed by atoms with Gasteiger partial charge in [-0.3, -0.25) is 0 Å². The average Bonchev–Trinajstić information content (AvgIpc) is 2.45. The Morgan fingerprint density at radius 3 is 2.45 bits per heavy atom. The van der Waals surface area contributed by atoms with E-state index in [1.807, 2.05) is 12.1 Å². The van der Waals surface area contributed by atoms with E-state index >= 15 is 0 Å². The predicted molar refractivity (Wildman–Crippen MR) is 82.4 cm³/mol. The van der Waals surface area contributed by atoms with Crippen molar-refractivity contribution in [2.45, 2.75) is 26.2 Å². The highest BCUT2D eigenvalue weighted by molar-refractivity contribution is 6.30. The molecule has 0 nitrogen and oxygen atoms in total. The molecule has 2 aromatic carbocycles. The van der Waals surface area contributed by atoms with Crippen LogP contribution in [0.2, 0.25) is 5.02 Å². The molecule has 0 saturated carbocycles. The van der Waals surface area contributed by atoms with Crippen molar-refractivity contribution in [1.29, 1.82) is 0 Å². The van der Waals surface area contributed by atoms with Crippen molar-refractivity contribution in [3.05, 3.63) is 70.0 Å². The summed E-state index contributed by atoms with van der Waals surface area (Å²) in [6.07, 6.45) is 3.48. The van der Waals surface area contributed by atoms with Crippen LogP contribution in [0.4, 0.5) is 4.39 Å². The lowest BCUT2D eigenvalue weighted by Crippen LogP contribution is -1.85. The number of hydrogen-bond donors (Lipinski definition) is 0. The van der Waals surface area contributed by atoms with Crippen LogP contribution >= 0.6 is 11.6 Å². The van der Waals surface area contributed by atoms with Gasteiger partial charge in [0.05, 0.1) is 5.56 Å². The van der Waals surface area contributed by atoms with E-state index < -0.39 is 0 Å². The molecule has 0 radical (unpaired) electrons. The van der Waals surface area contributed by atoms with E-state index in [-0.39, 0.29) is 5.82 Å². The van der Waals surface area contributed by atoms with Crippen molar-refractivity contribution in [3.63, 3.8) is 0 Å². The Bertz CT molecular complexity index is 633. The first kappa shape index (κ1) is 14.6. The minimum Gasteiger partial charge on any atom is -0.206 e.